The Morgan fingerprint density at radius 3 is 2.67 bits per heavy atom. The SMILES string of the molecule is CCc1c(C)nn(CCOc2cccc(B(O)O)c2)c1C. The van der Waals surface area contributed by atoms with Gasteiger partial charge in [-0.25, -0.2) is 0 Å². The van der Waals surface area contributed by atoms with Crippen LogP contribution in [0.5, 0.6) is 5.75 Å². The third-order valence-corrected chi connectivity index (χ3v) is 3.61. The van der Waals surface area contributed by atoms with Crippen LogP contribution in [0.3, 0.4) is 0 Å². The molecule has 0 unspecified atom stereocenters. The Morgan fingerprint density at radius 1 is 1.29 bits per heavy atom. The second-order valence-corrected chi connectivity index (χ2v) is 5.02. The summed E-state index contributed by atoms with van der Waals surface area (Å²) in [5.74, 6) is 0.623. The van der Waals surface area contributed by atoms with Crippen molar-refractivity contribution in [3.8, 4) is 5.75 Å². The smallest absolute Gasteiger partial charge is 0.488 e. The molecule has 0 aliphatic heterocycles. The van der Waals surface area contributed by atoms with Crippen LogP contribution in [0.2, 0.25) is 0 Å². The Kier molecular flexibility index (Phi) is 5.04. The van der Waals surface area contributed by atoms with E-state index in [9.17, 15) is 0 Å². The van der Waals surface area contributed by atoms with Gasteiger partial charge in [0.2, 0.25) is 0 Å². The van der Waals surface area contributed by atoms with E-state index in [0.29, 0.717) is 24.4 Å². The summed E-state index contributed by atoms with van der Waals surface area (Å²) in [5.41, 5.74) is 3.96. The van der Waals surface area contributed by atoms with Crippen LogP contribution in [0, 0.1) is 13.8 Å². The highest BCUT2D eigenvalue weighted by molar-refractivity contribution is 6.58. The molecule has 21 heavy (non-hydrogen) atoms. The average Bonchev–Trinajstić information content (AvgIpc) is 2.73. The molecule has 2 rings (SSSR count). The van der Waals surface area contributed by atoms with Gasteiger partial charge in [0.1, 0.15) is 12.4 Å². The summed E-state index contributed by atoms with van der Waals surface area (Å²) >= 11 is 0. The van der Waals surface area contributed by atoms with E-state index in [2.05, 4.69) is 18.9 Å². The molecule has 0 aliphatic carbocycles. The topological polar surface area (TPSA) is 67.5 Å². The summed E-state index contributed by atoms with van der Waals surface area (Å²) in [6.07, 6.45) is 0.981. The number of hydrogen-bond acceptors (Lipinski definition) is 4. The summed E-state index contributed by atoms with van der Waals surface area (Å²) in [6.45, 7) is 7.37. The van der Waals surface area contributed by atoms with Crippen LogP contribution in [0.15, 0.2) is 24.3 Å². The number of ether oxygens (including phenoxy) is 1. The highest BCUT2D eigenvalue weighted by Crippen LogP contribution is 2.14. The Hall–Kier alpha value is -1.79. The summed E-state index contributed by atoms with van der Waals surface area (Å²) in [7, 11) is -1.48. The van der Waals surface area contributed by atoms with Gasteiger partial charge in [0.15, 0.2) is 0 Å². The molecular formula is C15H21BN2O3. The molecule has 2 aromatic rings. The second-order valence-electron chi connectivity index (χ2n) is 5.02. The Balaban J connectivity index is 1.97. The van der Waals surface area contributed by atoms with Gasteiger partial charge in [-0.2, -0.15) is 5.10 Å². The molecule has 0 aliphatic rings. The van der Waals surface area contributed by atoms with Crippen LogP contribution < -0.4 is 10.2 Å². The monoisotopic (exact) mass is 288 g/mol. The van der Waals surface area contributed by atoms with E-state index >= 15 is 0 Å². The van der Waals surface area contributed by atoms with Gasteiger partial charge >= 0.3 is 7.12 Å². The molecule has 0 fully saturated rings. The molecule has 0 saturated carbocycles. The van der Waals surface area contributed by atoms with Crippen molar-refractivity contribution in [3.05, 3.63) is 41.2 Å². The van der Waals surface area contributed by atoms with Crippen LogP contribution >= 0.6 is 0 Å². The quantitative estimate of drug-likeness (QED) is 0.772. The molecule has 0 amide bonds. The molecule has 0 atom stereocenters. The molecule has 0 bridgehead atoms. The Labute approximate surface area is 125 Å². The molecule has 0 saturated heterocycles. The minimum Gasteiger partial charge on any atom is -0.492 e. The number of benzene rings is 1. The first-order chi connectivity index (χ1) is 10.0. The van der Waals surface area contributed by atoms with Crippen molar-refractivity contribution in [2.24, 2.45) is 0 Å². The molecule has 1 heterocycles. The van der Waals surface area contributed by atoms with Crippen molar-refractivity contribution in [2.75, 3.05) is 6.61 Å². The maximum atomic E-state index is 9.13. The molecule has 1 aromatic carbocycles. The molecule has 6 heteroatoms. The molecule has 0 spiro atoms. The minimum absolute atomic E-state index is 0.423. The van der Waals surface area contributed by atoms with Gasteiger partial charge in [-0.3, -0.25) is 4.68 Å². The first kappa shape index (κ1) is 15.6. The zero-order valence-corrected chi connectivity index (χ0v) is 12.7. The highest BCUT2D eigenvalue weighted by atomic mass is 16.5. The maximum Gasteiger partial charge on any atom is 0.488 e. The van der Waals surface area contributed by atoms with Gasteiger partial charge in [0.25, 0.3) is 0 Å². The van der Waals surface area contributed by atoms with E-state index in [4.69, 9.17) is 14.8 Å². The molecule has 2 N–H and O–H groups in total. The van der Waals surface area contributed by atoms with Crippen LogP contribution in [0.25, 0.3) is 0 Å². The van der Waals surface area contributed by atoms with E-state index in [1.165, 1.54) is 11.3 Å². The van der Waals surface area contributed by atoms with Crippen molar-refractivity contribution < 1.29 is 14.8 Å². The summed E-state index contributed by atoms with van der Waals surface area (Å²) in [4.78, 5) is 0. The summed E-state index contributed by atoms with van der Waals surface area (Å²) in [6, 6.07) is 6.81. The molecular weight excluding hydrogens is 267 g/mol. The average molecular weight is 288 g/mol. The molecule has 5 nitrogen and oxygen atoms in total. The van der Waals surface area contributed by atoms with Gasteiger partial charge in [0.05, 0.1) is 12.2 Å². The van der Waals surface area contributed by atoms with Crippen LogP contribution in [-0.4, -0.2) is 33.6 Å². The lowest BCUT2D eigenvalue weighted by Gasteiger charge is -2.09. The number of aromatic nitrogens is 2. The van der Waals surface area contributed by atoms with Gasteiger partial charge < -0.3 is 14.8 Å². The predicted molar refractivity (Wildman–Crippen MR) is 82.8 cm³/mol. The van der Waals surface area contributed by atoms with Crippen molar-refractivity contribution in [1.29, 1.82) is 0 Å². The Bertz CT molecular complexity index is 611. The second kappa shape index (κ2) is 6.78. The predicted octanol–water partition coefficient (Wildman–Crippen LogP) is 0.821. The Morgan fingerprint density at radius 2 is 2.05 bits per heavy atom. The standard InChI is InChI=1S/C15H21BN2O3/c1-4-15-11(2)17-18(12(15)3)8-9-21-14-7-5-6-13(10-14)16(19)20/h5-7,10,19-20H,4,8-9H2,1-3H3. The van der Waals surface area contributed by atoms with Crippen LogP contribution in [0.4, 0.5) is 0 Å². The van der Waals surface area contributed by atoms with Crippen LogP contribution in [-0.2, 0) is 13.0 Å². The van der Waals surface area contributed by atoms with Crippen molar-refractivity contribution in [3.63, 3.8) is 0 Å². The normalized spacial score (nSPS) is 10.7. The molecule has 0 radical (unpaired) electrons. The van der Waals surface area contributed by atoms with E-state index in [1.54, 1.807) is 24.3 Å². The van der Waals surface area contributed by atoms with Gasteiger partial charge in [-0.05, 0) is 43.4 Å². The fraction of sp³-hybridized carbons (Fsp3) is 0.400. The molecule has 1 aromatic heterocycles. The van der Waals surface area contributed by atoms with Crippen molar-refractivity contribution in [2.45, 2.75) is 33.7 Å². The first-order valence-electron chi connectivity index (χ1n) is 7.14. The fourth-order valence-electron chi connectivity index (χ4n) is 2.48. The summed E-state index contributed by atoms with van der Waals surface area (Å²) < 4.78 is 7.61. The lowest BCUT2D eigenvalue weighted by molar-refractivity contribution is 0.289. The first-order valence-corrected chi connectivity index (χ1v) is 7.14. The zero-order chi connectivity index (χ0) is 15.4. The number of nitrogens with zero attached hydrogens (tertiary/aromatic N) is 2. The summed E-state index contributed by atoms with van der Waals surface area (Å²) in [5, 5.41) is 22.8. The largest absolute Gasteiger partial charge is 0.492 e. The third-order valence-electron chi connectivity index (χ3n) is 3.61. The fourth-order valence-corrected chi connectivity index (χ4v) is 2.48. The number of aryl methyl sites for hydroxylation is 1. The van der Waals surface area contributed by atoms with E-state index in [1.807, 2.05) is 11.6 Å². The number of hydrogen-bond donors (Lipinski definition) is 2. The lowest BCUT2D eigenvalue weighted by atomic mass is 9.80. The minimum atomic E-state index is -1.48. The van der Waals surface area contributed by atoms with Crippen molar-refractivity contribution in [1.82, 2.24) is 9.78 Å². The molecule has 112 valence electrons. The van der Waals surface area contributed by atoms with E-state index < -0.39 is 7.12 Å². The van der Waals surface area contributed by atoms with E-state index in [0.717, 1.165) is 12.1 Å². The third kappa shape index (κ3) is 3.65. The van der Waals surface area contributed by atoms with Gasteiger partial charge in [-0.1, -0.05) is 19.1 Å². The van der Waals surface area contributed by atoms with Crippen molar-refractivity contribution >= 4 is 12.6 Å². The lowest BCUT2D eigenvalue weighted by Crippen LogP contribution is -2.29. The van der Waals surface area contributed by atoms with Crippen LogP contribution in [0.1, 0.15) is 23.9 Å². The van der Waals surface area contributed by atoms with Gasteiger partial charge in [-0.15, -0.1) is 0 Å². The zero-order valence-electron chi connectivity index (χ0n) is 12.7. The highest BCUT2D eigenvalue weighted by Gasteiger charge is 2.12. The van der Waals surface area contributed by atoms with Gasteiger partial charge in [0, 0.05) is 5.69 Å². The maximum absolute atomic E-state index is 9.13. The number of rotatable bonds is 6. The van der Waals surface area contributed by atoms with E-state index in [-0.39, 0.29) is 0 Å².